The van der Waals surface area contributed by atoms with E-state index in [2.05, 4.69) is 232 Å². The molecule has 14 rings (SSSR count). The monoisotopic (exact) mass is 832 g/mol. The van der Waals surface area contributed by atoms with Gasteiger partial charge in [0.25, 0.3) is 0 Å². The fourth-order valence-corrected chi connectivity index (χ4v) is 11.5. The van der Waals surface area contributed by atoms with Crippen molar-refractivity contribution in [2.45, 2.75) is 0 Å². The van der Waals surface area contributed by atoms with Crippen LogP contribution in [0.5, 0.6) is 0 Å². The number of benzene rings is 9. The first-order valence-corrected chi connectivity index (χ1v) is 22.6. The second-order valence-corrected chi connectivity index (χ2v) is 17.8. The molecule has 5 heteroatoms. The molecular weight excluding hydrogens is 797 g/mol. The lowest BCUT2D eigenvalue weighted by Gasteiger charge is -2.11. The SMILES string of the molecule is c1ccc(-n2c3ccccc3c3c(-c4cccc(-c5ccc6c(c5)c5ccccc5n6-c5ccc6sc7ccc(-n8c9ccccc9c9ccccc98)nc7c6c5)c4)cccc32)cc1. The van der Waals surface area contributed by atoms with Crippen molar-refractivity contribution in [3.8, 4) is 39.4 Å². The van der Waals surface area contributed by atoms with E-state index in [9.17, 15) is 0 Å². The Balaban J connectivity index is 0.901. The van der Waals surface area contributed by atoms with E-state index < -0.39 is 0 Å². The molecule has 9 aromatic carbocycles. The van der Waals surface area contributed by atoms with Crippen molar-refractivity contribution in [2.24, 2.45) is 0 Å². The van der Waals surface area contributed by atoms with Gasteiger partial charge in [-0.05, 0) is 113 Å². The van der Waals surface area contributed by atoms with E-state index in [4.69, 9.17) is 4.98 Å². The Morgan fingerprint density at radius 1 is 0.312 bits per heavy atom. The standard InChI is InChI=1S/C59H36N4S/c1-2-16-40(17-3-1)61-52-26-11-7-21-46(52)58-42(22-13-27-54(58)61)39-15-12-14-37(34-39)38-28-30-53-47(35-38)45-20-6-8-23-49(45)62(53)41-29-31-55-48(36-41)59-56(64-55)32-33-57(60-59)63-50-24-9-4-18-43(50)44-19-5-10-25-51(44)63/h1-36H. The van der Waals surface area contributed by atoms with Gasteiger partial charge < -0.3 is 9.13 Å². The summed E-state index contributed by atoms with van der Waals surface area (Å²) < 4.78 is 9.54. The first kappa shape index (κ1) is 35.4. The van der Waals surface area contributed by atoms with Gasteiger partial charge >= 0.3 is 0 Å². The lowest BCUT2D eigenvalue weighted by molar-refractivity contribution is 1.10. The minimum Gasteiger partial charge on any atom is -0.309 e. The lowest BCUT2D eigenvalue weighted by atomic mass is 9.95. The fourth-order valence-electron chi connectivity index (χ4n) is 10.5. The van der Waals surface area contributed by atoms with Gasteiger partial charge in [-0.2, -0.15) is 0 Å². The summed E-state index contributed by atoms with van der Waals surface area (Å²) in [5.41, 5.74) is 15.2. The van der Waals surface area contributed by atoms with Crippen molar-refractivity contribution in [3.05, 3.63) is 218 Å². The molecule has 0 fully saturated rings. The van der Waals surface area contributed by atoms with Crippen LogP contribution in [-0.4, -0.2) is 18.7 Å². The van der Waals surface area contributed by atoms with E-state index in [-0.39, 0.29) is 0 Å². The highest BCUT2D eigenvalue weighted by atomic mass is 32.1. The van der Waals surface area contributed by atoms with E-state index >= 15 is 0 Å². The van der Waals surface area contributed by atoms with Crippen LogP contribution < -0.4 is 0 Å². The molecule has 64 heavy (non-hydrogen) atoms. The van der Waals surface area contributed by atoms with Gasteiger partial charge in [0.1, 0.15) is 5.82 Å². The van der Waals surface area contributed by atoms with E-state index in [1.807, 2.05) is 0 Å². The summed E-state index contributed by atoms with van der Waals surface area (Å²) in [7, 11) is 0. The fraction of sp³-hybridized carbons (Fsp3) is 0. The maximum Gasteiger partial charge on any atom is 0.138 e. The first-order valence-electron chi connectivity index (χ1n) is 21.8. The molecule has 0 radical (unpaired) electrons. The van der Waals surface area contributed by atoms with Crippen molar-refractivity contribution < 1.29 is 0 Å². The molecule has 0 bridgehead atoms. The number of thiophene rings is 1. The van der Waals surface area contributed by atoms with Crippen LogP contribution in [0.4, 0.5) is 0 Å². The molecule has 0 saturated carbocycles. The van der Waals surface area contributed by atoms with Crippen molar-refractivity contribution in [1.29, 1.82) is 0 Å². The van der Waals surface area contributed by atoms with Crippen LogP contribution in [0.15, 0.2) is 218 Å². The number of hydrogen-bond acceptors (Lipinski definition) is 2. The van der Waals surface area contributed by atoms with Gasteiger partial charge in [0.15, 0.2) is 0 Å². The number of nitrogens with zero attached hydrogens (tertiary/aromatic N) is 4. The second-order valence-electron chi connectivity index (χ2n) is 16.7. The first-order chi connectivity index (χ1) is 31.7. The van der Waals surface area contributed by atoms with Gasteiger partial charge in [-0.1, -0.05) is 127 Å². The maximum absolute atomic E-state index is 5.44. The van der Waals surface area contributed by atoms with Crippen molar-refractivity contribution in [1.82, 2.24) is 18.7 Å². The van der Waals surface area contributed by atoms with Gasteiger partial charge in [0, 0.05) is 53.8 Å². The lowest BCUT2D eigenvalue weighted by Crippen LogP contribution is -1.97. The van der Waals surface area contributed by atoms with E-state index in [0.717, 1.165) is 33.7 Å². The number of fused-ring (bicyclic) bond motifs is 12. The molecule has 0 amide bonds. The van der Waals surface area contributed by atoms with Crippen LogP contribution in [0, 0.1) is 0 Å². The van der Waals surface area contributed by atoms with Crippen LogP contribution in [0.2, 0.25) is 0 Å². The Hall–Kier alpha value is -8.25. The zero-order valence-electron chi connectivity index (χ0n) is 34.5. The average molecular weight is 833 g/mol. The quantitative estimate of drug-likeness (QED) is 0.170. The Kier molecular flexibility index (Phi) is 7.53. The topological polar surface area (TPSA) is 27.7 Å². The highest BCUT2D eigenvalue weighted by Gasteiger charge is 2.19. The van der Waals surface area contributed by atoms with Gasteiger partial charge in [0.2, 0.25) is 0 Å². The van der Waals surface area contributed by atoms with Crippen molar-refractivity contribution in [3.63, 3.8) is 0 Å². The highest BCUT2D eigenvalue weighted by molar-refractivity contribution is 7.25. The molecular formula is C59H36N4S. The second kappa shape index (κ2) is 13.6. The summed E-state index contributed by atoms with van der Waals surface area (Å²) in [5, 5.41) is 8.63. The molecule has 0 atom stereocenters. The van der Waals surface area contributed by atoms with Crippen LogP contribution >= 0.6 is 11.3 Å². The summed E-state index contributed by atoms with van der Waals surface area (Å²) >= 11 is 1.81. The Labute approximate surface area is 371 Å². The third-order valence-corrected chi connectivity index (χ3v) is 14.4. The molecule has 0 saturated heterocycles. The molecule has 4 nitrogen and oxygen atoms in total. The molecule has 0 N–H and O–H groups in total. The smallest absolute Gasteiger partial charge is 0.138 e. The molecule has 0 aliphatic heterocycles. The van der Waals surface area contributed by atoms with Crippen molar-refractivity contribution in [2.75, 3.05) is 0 Å². The van der Waals surface area contributed by atoms with Gasteiger partial charge in [-0.3, -0.25) is 4.57 Å². The number of para-hydroxylation sites is 5. The molecule has 5 aromatic heterocycles. The third kappa shape index (κ3) is 5.13. The van der Waals surface area contributed by atoms with Gasteiger partial charge in [0.05, 0.1) is 43.3 Å². The molecule has 5 heterocycles. The average Bonchev–Trinajstić information content (AvgIpc) is 4.10. The largest absolute Gasteiger partial charge is 0.309 e. The molecule has 0 aliphatic rings. The molecule has 14 aromatic rings. The number of rotatable bonds is 5. The molecule has 0 unspecified atom stereocenters. The zero-order valence-corrected chi connectivity index (χ0v) is 35.3. The summed E-state index contributed by atoms with van der Waals surface area (Å²) in [6, 6.07) is 79.6. The molecule has 0 aliphatic carbocycles. The van der Waals surface area contributed by atoms with Crippen LogP contribution in [0.25, 0.3) is 125 Å². The van der Waals surface area contributed by atoms with Crippen molar-refractivity contribution >= 4 is 97.1 Å². The van der Waals surface area contributed by atoms with E-state index in [1.54, 1.807) is 11.3 Å². The number of hydrogen-bond donors (Lipinski definition) is 0. The third-order valence-electron chi connectivity index (χ3n) is 13.2. The zero-order chi connectivity index (χ0) is 41.9. The van der Waals surface area contributed by atoms with Gasteiger partial charge in [-0.15, -0.1) is 11.3 Å². The summed E-state index contributed by atoms with van der Waals surface area (Å²) in [6.07, 6.45) is 0. The minimum absolute atomic E-state index is 0.930. The summed E-state index contributed by atoms with van der Waals surface area (Å²) in [4.78, 5) is 5.44. The predicted octanol–water partition coefficient (Wildman–Crippen LogP) is 16.1. The predicted molar refractivity (Wildman–Crippen MR) is 271 cm³/mol. The van der Waals surface area contributed by atoms with E-state index in [1.165, 1.54) is 91.4 Å². The number of pyridine rings is 1. The molecule has 298 valence electrons. The Bertz CT molecular complexity index is 4150. The maximum atomic E-state index is 5.44. The normalized spacial score (nSPS) is 12.1. The Morgan fingerprint density at radius 3 is 1.64 bits per heavy atom. The van der Waals surface area contributed by atoms with Crippen LogP contribution in [-0.2, 0) is 0 Å². The minimum atomic E-state index is 0.930. The van der Waals surface area contributed by atoms with E-state index in [0.29, 0.717) is 0 Å². The Morgan fingerprint density at radius 2 is 0.875 bits per heavy atom. The molecule has 0 spiro atoms. The summed E-state index contributed by atoms with van der Waals surface area (Å²) in [6.45, 7) is 0. The van der Waals surface area contributed by atoms with Crippen LogP contribution in [0.3, 0.4) is 0 Å². The summed E-state index contributed by atoms with van der Waals surface area (Å²) in [5.74, 6) is 0.930. The van der Waals surface area contributed by atoms with Crippen LogP contribution in [0.1, 0.15) is 0 Å². The highest BCUT2D eigenvalue weighted by Crippen LogP contribution is 2.42. The number of aromatic nitrogens is 4. The van der Waals surface area contributed by atoms with Gasteiger partial charge in [-0.25, -0.2) is 4.98 Å².